The van der Waals surface area contributed by atoms with Gasteiger partial charge in [0.15, 0.2) is 0 Å². The maximum Gasteiger partial charge on any atom is 0.118 e. The van der Waals surface area contributed by atoms with Crippen molar-refractivity contribution >= 4 is 0 Å². The van der Waals surface area contributed by atoms with E-state index in [9.17, 15) is 5.11 Å². The number of hydrogen-bond acceptors (Lipinski definition) is 1. The standard InChI is InChI=1S/C24H38O/c1-23(15-16-23)13-7-4-3-5-9-20-11-12-22(25)21(19-20)10-6-8-14-24(2)17-18-24/h11-12,19,25H,3-10,13-18H2,1-2H3. The van der Waals surface area contributed by atoms with Gasteiger partial charge in [0.25, 0.3) is 0 Å². The average Bonchev–Trinajstić information content (AvgIpc) is 3.50. The molecule has 1 aromatic carbocycles. The van der Waals surface area contributed by atoms with Crippen molar-refractivity contribution in [3.05, 3.63) is 29.3 Å². The van der Waals surface area contributed by atoms with Crippen LogP contribution < -0.4 is 0 Å². The lowest BCUT2D eigenvalue weighted by Crippen LogP contribution is -1.95. The second kappa shape index (κ2) is 8.14. The molecule has 3 rings (SSSR count). The van der Waals surface area contributed by atoms with E-state index in [1.807, 2.05) is 6.07 Å². The molecule has 0 spiro atoms. The number of phenolic OH excluding ortho intramolecular Hbond substituents is 1. The molecule has 2 aliphatic rings. The fourth-order valence-electron chi connectivity index (χ4n) is 4.02. The van der Waals surface area contributed by atoms with E-state index in [0.717, 1.165) is 11.8 Å². The molecule has 0 aromatic heterocycles. The molecule has 2 fully saturated rings. The zero-order valence-corrected chi connectivity index (χ0v) is 16.6. The van der Waals surface area contributed by atoms with Crippen molar-refractivity contribution in [3.8, 4) is 5.75 Å². The van der Waals surface area contributed by atoms with Crippen molar-refractivity contribution in [1.82, 2.24) is 0 Å². The fourth-order valence-corrected chi connectivity index (χ4v) is 4.02. The molecule has 1 heteroatoms. The molecule has 1 N–H and O–H groups in total. The SMILES string of the molecule is CC1(CCCCCCc2ccc(O)c(CCCCC3(C)CC3)c2)CC1. The highest BCUT2D eigenvalue weighted by molar-refractivity contribution is 5.36. The monoisotopic (exact) mass is 342 g/mol. The molecule has 0 bridgehead atoms. The zero-order chi connectivity index (χ0) is 17.8. The van der Waals surface area contributed by atoms with Crippen LogP contribution in [-0.2, 0) is 12.8 Å². The topological polar surface area (TPSA) is 20.2 Å². The van der Waals surface area contributed by atoms with Gasteiger partial charge in [0.05, 0.1) is 0 Å². The fraction of sp³-hybridized carbons (Fsp3) is 0.750. The maximum atomic E-state index is 10.1. The molecule has 2 aliphatic carbocycles. The lowest BCUT2D eigenvalue weighted by atomic mass is 9.96. The normalized spacial score (nSPS) is 19.8. The second-order valence-electron chi connectivity index (χ2n) is 9.71. The van der Waals surface area contributed by atoms with Gasteiger partial charge in [-0.2, -0.15) is 0 Å². The Morgan fingerprint density at radius 2 is 1.32 bits per heavy atom. The molecule has 25 heavy (non-hydrogen) atoms. The van der Waals surface area contributed by atoms with Gasteiger partial charge < -0.3 is 5.11 Å². The summed E-state index contributed by atoms with van der Waals surface area (Å²) in [6.45, 7) is 4.85. The van der Waals surface area contributed by atoms with Crippen LogP contribution in [-0.4, -0.2) is 5.11 Å². The minimum absolute atomic E-state index is 0.499. The van der Waals surface area contributed by atoms with E-state index in [1.165, 1.54) is 94.6 Å². The van der Waals surface area contributed by atoms with Gasteiger partial charge in [-0.3, -0.25) is 0 Å². The Hall–Kier alpha value is -0.980. The molecule has 140 valence electrons. The maximum absolute atomic E-state index is 10.1. The number of benzene rings is 1. The number of rotatable bonds is 12. The number of unbranched alkanes of at least 4 members (excludes halogenated alkanes) is 4. The van der Waals surface area contributed by atoms with Gasteiger partial charge in [0.2, 0.25) is 0 Å². The largest absolute Gasteiger partial charge is 0.508 e. The number of aryl methyl sites for hydroxylation is 2. The smallest absolute Gasteiger partial charge is 0.118 e. The van der Waals surface area contributed by atoms with Gasteiger partial charge in [0.1, 0.15) is 5.75 Å². The Morgan fingerprint density at radius 1 is 0.760 bits per heavy atom. The number of aromatic hydroxyl groups is 1. The van der Waals surface area contributed by atoms with Crippen LogP contribution in [0.1, 0.15) is 102 Å². The van der Waals surface area contributed by atoms with E-state index >= 15 is 0 Å². The van der Waals surface area contributed by atoms with Crippen LogP contribution in [0.4, 0.5) is 0 Å². The zero-order valence-electron chi connectivity index (χ0n) is 16.6. The summed E-state index contributed by atoms with van der Waals surface area (Å²) in [4.78, 5) is 0. The van der Waals surface area contributed by atoms with Crippen LogP contribution in [0.2, 0.25) is 0 Å². The molecule has 1 nitrogen and oxygen atoms in total. The molecule has 1 aromatic rings. The van der Waals surface area contributed by atoms with Crippen LogP contribution in [0.15, 0.2) is 18.2 Å². The summed E-state index contributed by atoms with van der Waals surface area (Å²) in [7, 11) is 0. The summed E-state index contributed by atoms with van der Waals surface area (Å²) in [5.41, 5.74) is 3.97. The first-order valence-corrected chi connectivity index (χ1v) is 10.8. The first-order chi connectivity index (χ1) is 12.0. The highest BCUT2D eigenvalue weighted by Gasteiger charge is 2.36. The molecule has 0 unspecified atom stereocenters. The predicted octanol–water partition coefficient (Wildman–Crippen LogP) is 7.20. The summed E-state index contributed by atoms with van der Waals surface area (Å²) in [6, 6.07) is 6.30. The van der Waals surface area contributed by atoms with E-state index in [0.29, 0.717) is 11.2 Å². The Morgan fingerprint density at radius 3 is 1.96 bits per heavy atom. The van der Waals surface area contributed by atoms with Crippen molar-refractivity contribution in [2.45, 2.75) is 104 Å². The van der Waals surface area contributed by atoms with Crippen LogP contribution >= 0.6 is 0 Å². The van der Waals surface area contributed by atoms with Crippen molar-refractivity contribution in [2.24, 2.45) is 10.8 Å². The van der Waals surface area contributed by atoms with Crippen LogP contribution in [0.25, 0.3) is 0 Å². The van der Waals surface area contributed by atoms with Gasteiger partial charge in [-0.1, -0.05) is 51.7 Å². The summed E-state index contributed by atoms with van der Waals surface area (Å²) in [6.07, 6.45) is 18.7. The van der Waals surface area contributed by atoms with Gasteiger partial charge in [0, 0.05) is 0 Å². The lowest BCUT2D eigenvalue weighted by molar-refractivity contribution is 0.458. The quantitative estimate of drug-likeness (QED) is 0.398. The Kier molecular flexibility index (Phi) is 6.12. The first kappa shape index (κ1) is 18.8. The molecule has 0 saturated heterocycles. The molecular formula is C24H38O. The van der Waals surface area contributed by atoms with Gasteiger partial charge in [-0.05, 0) is 92.2 Å². The van der Waals surface area contributed by atoms with Crippen LogP contribution in [0.5, 0.6) is 5.75 Å². The minimum Gasteiger partial charge on any atom is -0.508 e. The third-order valence-electron chi connectivity index (χ3n) is 6.82. The molecule has 0 radical (unpaired) electrons. The summed E-state index contributed by atoms with van der Waals surface area (Å²) in [5.74, 6) is 0.499. The van der Waals surface area contributed by atoms with Crippen LogP contribution in [0.3, 0.4) is 0 Å². The molecular weight excluding hydrogens is 304 g/mol. The lowest BCUT2D eigenvalue weighted by Gasteiger charge is -2.10. The van der Waals surface area contributed by atoms with E-state index in [4.69, 9.17) is 0 Å². The van der Waals surface area contributed by atoms with Crippen LogP contribution in [0, 0.1) is 10.8 Å². The summed E-state index contributed by atoms with van der Waals surface area (Å²) < 4.78 is 0. The number of hydrogen-bond donors (Lipinski definition) is 1. The first-order valence-electron chi connectivity index (χ1n) is 10.8. The van der Waals surface area contributed by atoms with Gasteiger partial charge in [-0.25, -0.2) is 0 Å². The Balaban J connectivity index is 1.32. The van der Waals surface area contributed by atoms with Crippen molar-refractivity contribution < 1.29 is 5.11 Å². The van der Waals surface area contributed by atoms with E-state index in [2.05, 4.69) is 26.0 Å². The Labute approximate surface area is 155 Å². The summed E-state index contributed by atoms with van der Waals surface area (Å²) in [5, 5.41) is 10.1. The molecule has 0 atom stereocenters. The van der Waals surface area contributed by atoms with E-state index in [1.54, 1.807) is 0 Å². The Bertz CT molecular complexity index is 551. The third-order valence-corrected chi connectivity index (χ3v) is 6.82. The number of phenols is 1. The van der Waals surface area contributed by atoms with Gasteiger partial charge >= 0.3 is 0 Å². The van der Waals surface area contributed by atoms with Gasteiger partial charge in [-0.15, -0.1) is 0 Å². The second-order valence-corrected chi connectivity index (χ2v) is 9.71. The van der Waals surface area contributed by atoms with Crippen molar-refractivity contribution in [2.75, 3.05) is 0 Å². The predicted molar refractivity (Wildman–Crippen MR) is 107 cm³/mol. The average molecular weight is 343 g/mol. The highest BCUT2D eigenvalue weighted by atomic mass is 16.3. The molecule has 0 heterocycles. The van der Waals surface area contributed by atoms with Crippen molar-refractivity contribution in [3.63, 3.8) is 0 Å². The molecule has 0 aliphatic heterocycles. The molecule has 2 saturated carbocycles. The molecule has 0 amide bonds. The van der Waals surface area contributed by atoms with E-state index in [-0.39, 0.29) is 0 Å². The third kappa shape index (κ3) is 6.35. The summed E-state index contributed by atoms with van der Waals surface area (Å²) >= 11 is 0. The minimum atomic E-state index is 0.499. The highest BCUT2D eigenvalue weighted by Crippen LogP contribution is 2.49. The van der Waals surface area contributed by atoms with E-state index < -0.39 is 0 Å². The van der Waals surface area contributed by atoms with Crippen molar-refractivity contribution in [1.29, 1.82) is 0 Å².